The van der Waals surface area contributed by atoms with Crippen LogP contribution in [0.1, 0.15) is 18.5 Å². The van der Waals surface area contributed by atoms with E-state index < -0.39 is 0 Å². The van der Waals surface area contributed by atoms with Crippen LogP contribution in [0.15, 0.2) is 42.6 Å². The first-order valence-electron chi connectivity index (χ1n) is 10.2. The molecule has 3 heterocycles. The zero-order valence-electron chi connectivity index (χ0n) is 16.5. The molecule has 1 aromatic carbocycles. The number of anilines is 3. The summed E-state index contributed by atoms with van der Waals surface area (Å²) in [7, 11) is 0. The normalized spacial score (nSPS) is 16.9. The average molecular weight is 388 g/mol. The van der Waals surface area contributed by atoms with E-state index in [0.29, 0.717) is 5.82 Å². The number of rotatable bonds is 4. The van der Waals surface area contributed by atoms with Crippen molar-refractivity contribution in [3.63, 3.8) is 0 Å². The molecule has 0 atom stereocenters. The fourth-order valence-corrected chi connectivity index (χ4v) is 3.78. The number of amides is 1. The minimum absolute atomic E-state index is 0.0886. The number of aromatic nitrogens is 3. The maximum Gasteiger partial charge on any atom is 0.228 e. The standard InChI is InChI=1S/C22H24N6O/c1-15-21(25-19-5-3-2-4-18(19)24-15)28-12-10-27(11-13-28)17-8-9-20(23-14-17)26-22(29)16-6-7-16/h2-5,8-9,14,16H,6-7,10-13H2,1H3,(H,23,26,29). The number of carbonyl (C=O) groups excluding carboxylic acids is 1. The molecule has 0 radical (unpaired) electrons. The van der Waals surface area contributed by atoms with Crippen molar-refractivity contribution in [1.29, 1.82) is 0 Å². The predicted octanol–water partition coefficient (Wildman–Crippen LogP) is 3.01. The zero-order chi connectivity index (χ0) is 19.8. The van der Waals surface area contributed by atoms with E-state index >= 15 is 0 Å². The van der Waals surface area contributed by atoms with E-state index in [9.17, 15) is 4.79 Å². The first-order valence-corrected chi connectivity index (χ1v) is 10.2. The van der Waals surface area contributed by atoms with Crippen molar-refractivity contribution in [2.45, 2.75) is 19.8 Å². The molecule has 148 valence electrons. The Balaban J connectivity index is 1.24. The number of para-hydroxylation sites is 2. The van der Waals surface area contributed by atoms with Gasteiger partial charge < -0.3 is 15.1 Å². The molecule has 2 aliphatic rings. The van der Waals surface area contributed by atoms with E-state index in [2.05, 4.69) is 20.1 Å². The third kappa shape index (κ3) is 3.72. The van der Waals surface area contributed by atoms with Gasteiger partial charge in [-0.1, -0.05) is 12.1 Å². The van der Waals surface area contributed by atoms with Crippen molar-refractivity contribution < 1.29 is 4.79 Å². The molecule has 0 spiro atoms. The Morgan fingerprint density at radius 3 is 2.31 bits per heavy atom. The molecule has 7 heteroatoms. The molecular formula is C22H24N6O. The smallest absolute Gasteiger partial charge is 0.228 e. The number of piperazine rings is 1. The zero-order valence-corrected chi connectivity index (χ0v) is 16.5. The summed E-state index contributed by atoms with van der Waals surface area (Å²) >= 11 is 0. The molecule has 3 aromatic rings. The van der Waals surface area contributed by atoms with Gasteiger partial charge in [0, 0.05) is 32.1 Å². The van der Waals surface area contributed by atoms with Crippen LogP contribution in [-0.4, -0.2) is 47.0 Å². The lowest BCUT2D eigenvalue weighted by molar-refractivity contribution is -0.117. The molecule has 1 aliphatic heterocycles. The topological polar surface area (TPSA) is 74.2 Å². The monoisotopic (exact) mass is 388 g/mol. The second-order valence-electron chi connectivity index (χ2n) is 7.76. The molecule has 1 saturated carbocycles. The van der Waals surface area contributed by atoms with E-state index in [1.165, 1.54) is 0 Å². The van der Waals surface area contributed by atoms with Crippen molar-refractivity contribution in [3.05, 3.63) is 48.3 Å². The van der Waals surface area contributed by atoms with Gasteiger partial charge in [-0.05, 0) is 44.0 Å². The van der Waals surface area contributed by atoms with Crippen molar-refractivity contribution in [1.82, 2.24) is 15.0 Å². The molecule has 1 amide bonds. The quantitative estimate of drug-likeness (QED) is 0.741. The van der Waals surface area contributed by atoms with Crippen LogP contribution in [0.5, 0.6) is 0 Å². The molecule has 2 fully saturated rings. The molecule has 0 bridgehead atoms. The van der Waals surface area contributed by atoms with Gasteiger partial charge in [0.1, 0.15) is 5.82 Å². The van der Waals surface area contributed by atoms with E-state index in [4.69, 9.17) is 9.97 Å². The minimum Gasteiger partial charge on any atom is -0.367 e. The van der Waals surface area contributed by atoms with Gasteiger partial charge in [0.15, 0.2) is 5.82 Å². The third-order valence-electron chi connectivity index (χ3n) is 5.61. The van der Waals surface area contributed by atoms with Crippen LogP contribution < -0.4 is 15.1 Å². The number of nitrogens with zero attached hydrogens (tertiary/aromatic N) is 5. The predicted molar refractivity (Wildman–Crippen MR) is 114 cm³/mol. The number of hydrogen-bond acceptors (Lipinski definition) is 6. The van der Waals surface area contributed by atoms with Gasteiger partial charge >= 0.3 is 0 Å². The van der Waals surface area contributed by atoms with Crippen molar-refractivity contribution >= 4 is 34.3 Å². The fraction of sp³-hybridized carbons (Fsp3) is 0.364. The second-order valence-corrected chi connectivity index (χ2v) is 7.76. The summed E-state index contributed by atoms with van der Waals surface area (Å²) in [6.45, 7) is 5.58. The summed E-state index contributed by atoms with van der Waals surface area (Å²) in [4.78, 5) is 30.5. The van der Waals surface area contributed by atoms with Crippen LogP contribution in [0.2, 0.25) is 0 Å². The second kappa shape index (κ2) is 7.31. The highest BCUT2D eigenvalue weighted by Gasteiger charge is 2.29. The van der Waals surface area contributed by atoms with Crippen LogP contribution in [0.25, 0.3) is 11.0 Å². The van der Waals surface area contributed by atoms with Gasteiger partial charge in [0.2, 0.25) is 5.91 Å². The van der Waals surface area contributed by atoms with Gasteiger partial charge in [-0.3, -0.25) is 4.79 Å². The Labute approximate surface area is 169 Å². The Morgan fingerprint density at radius 2 is 1.66 bits per heavy atom. The highest BCUT2D eigenvalue weighted by Crippen LogP contribution is 2.30. The van der Waals surface area contributed by atoms with E-state index in [1.54, 1.807) is 0 Å². The molecule has 1 saturated heterocycles. The SMILES string of the molecule is Cc1nc2ccccc2nc1N1CCN(c2ccc(NC(=O)C3CC3)nc2)CC1. The number of nitrogens with one attached hydrogen (secondary N) is 1. The molecule has 1 aliphatic carbocycles. The number of pyridine rings is 1. The number of fused-ring (bicyclic) bond motifs is 1. The number of hydrogen-bond donors (Lipinski definition) is 1. The number of carbonyl (C=O) groups is 1. The van der Waals surface area contributed by atoms with E-state index in [0.717, 1.165) is 67.3 Å². The van der Waals surface area contributed by atoms with Gasteiger partial charge in [-0.25, -0.2) is 15.0 Å². The van der Waals surface area contributed by atoms with Crippen molar-refractivity contribution in [2.24, 2.45) is 5.92 Å². The summed E-state index contributed by atoms with van der Waals surface area (Å²) < 4.78 is 0. The van der Waals surface area contributed by atoms with Gasteiger partial charge in [-0.15, -0.1) is 0 Å². The lowest BCUT2D eigenvalue weighted by atomic mass is 10.2. The van der Waals surface area contributed by atoms with Gasteiger partial charge in [0.05, 0.1) is 28.6 Å². The van der Waals surface area contributed by atoms with Crippen LogP contribution in [0.4, 0.5) is 17.3 Å². The molecule has 7 nitrogen and oxygen atoms in total. The maximum absolute atomic E-state index is 11.9. The third-order valence-corrected chi connectivity index (χ3v) is 5.61. The molecule has 2 aromatic heterocycles. The lowest BCUT2D eigenvalue weighted by Crippen LogP contribution is -2.47. The van der Waals surface area contributed by atoms with Gasteiger partial charge in [-0.2, -0.15) is 0 Å². The van der Waals surface area contributed by atoms with E-state index in [-0.39, 0.29) is 11.8 Å². The summed E-state index contributed by atoms with van der Waals surface area (Å²) in [6, 6.07) is 11.9. The van der Waals surface area contributed by atoms with Gasteiger partial charge in [0.25, 0.3) is 0 Å². The Hall–Kier alpha value is -3.22. The number of aryl methyl sites for hydroxylation is 1. The average Bonchev–Trinajstić information content (AvgIpc) is 3.60. The highest BCUT2D eigenvalue weighted by molar-refractivity contribution is 5.93. The number of benzene rings is 1. The van der Waals surface area contributed by atoms with Crippen LogP contribution in [0, 0.1) is 12.8 Å². The highest BCUT2D eigenvalue weighted by atomic mass is 16.2. The van der Waals surface area contributed by atoms with Crippen molar-refractivity contribution in [3.8, 4) is 0 Å². The minimum atomic E-state index is 0.0886. The molecular weight excluding hydrogens is 364 g/mol. The van der Waals surface area contributed by atoms with Crippen LogP contribution >= 0.6 is 0 Å². The Bertz CT molecular complexity index is 1040. The molecule has 1 N–H and O–H groups in total. The molecule has 5 rings (SSSR count). The first-order chi connectivity index (χ1) is 14.2. The lowest BCUT2D eigenvalue weighted by Gasteiger charge is -2.37. The summed E-state index contributed by atoms with van der Waals surface area (Å²) in [5.41, 5.74) is 3.92. The molecule has 0 unspecified atom stereocenters. The maximum atomic E-state index is 11.9. The van der Waals surface area contributed by atoms with Crippen LogP contribution in [0.3, 0.4) is 0 Å². The Morgan fingerprint density at radius 1 is 0.966 bits per heavy atom. The first kappa shape index (κ1) is 17.8. The summed E-state index contributed by atoms with van der Waals surface area (Å²) in [5, 5.41) is 2.89. The fourth-order valence-electron chi connectivity index (χ4n) is 3.78. The van der Waals surface area contributed by atoms with E-state index in [1.807, 2.05) is 49.5 Å². The molecule has 29 heavy (non-hydrogen) atoms. The Kier molecular flexibility index (Phi) is 4.50. The van der Waals surface area contributed by atoms with Crippen LogP contribution in [-0.2, 0) is 4.79 Å². The summed E-state index contributed by atoms with van der Waals surface area (Å²) in [6.07, 6.45) is 3.84. The largest absolute Gasteiger partial charge is 0.367 e. The summed E-state index contributed by atoms with van der Waals surface area (Å²) in [5.74, 6) is 1.88. The van der Waals surface area contributed by atoms with Crippen molar-refractivity contribution in [2.75, 3.05) is 41.3 Å².